The summed E-state index contributed by atoms with van der Waals surface area (Å²) in [5.74, 6) is 0.992. The van der Waals surface area contributed by atoms with Gasteiger partial charge in [0.05, 0.1) is 13.0 Å². The fourth-order valence-electron chi connectivity index (χ4n) is 3.22. The SMILES string of the molecule is Cc1cc(C)cc(OCCC(=O)Nc2ccc(F)c(-n3nnnc3C3CC3)c2)c1. The first-order valence-corrected chi connectivity index (χ1v) is 9.59. The molecule has 0 bridgehead atoms. The lowest BCUT2D eigenvalue weighted by Gasteiger charge is -2.11. The number of hydrogen-bond donors (Lipinski definition) is 1. The Hall–Kier alpha value is -3.29. The maximum Gasteiger partial charge on any atom is 0.227 e. The van der Waals surface area contributed by atoms with Gasteiger partial charge in [-0.15, -0.1) is 5.10 Å². The molecule has 3 aromatic rings. The molecule has 0 radical (unpaired) electrons. The zero-order valence-electron chi connectivity index (χ0n) is 16.4. The molecule has 1 amide bonds. The highest BCUT2D eigenvalue weighted by Crippen LogP contribution is 2.39. The molecule has 1 heterocycles. The van der Waals surface area contributed by atoms with Gasteiger partial charge in [0, 0.05) is 11.6 Å². The zero-order valence-corrected chi connectivity index (χ0v) is 16.4. The summed E-state index contributed by atoms with van der Waals surface area (Å²) in [5, 5.41) is 14.4. The maximum absolute atomic E-state index is 14.3. The second-order valence-corrected chi connectivity index (χ2v) is 7.36. The fraction of sp³-hybridized carbons (Fsp3) is 0.333. The third-order valence-electron chi connectivity index (χ3n) is 4.69. The van der Waals surface area contributed by atoms with Crippen LogP contribution in [-0.4, -0.2) is 32.7 Å². The minimum atomic E-state index is -0.449. The molecule has 29 heavy (non-hydrogen) atoms. The molecule has 150 valence electrons. The Kier molecular flexibility index (Phi) is 5.24. The van der Waals surface area contributed by atoms with Gasteiger partial charge in [0.15, 0.2) is 5.82 Å². The summed E-state index contributed by atoms with van der Waals surface area (Å²) >= 11 is 0. The van der Waals surface area contributed by atoms with Gasteiger partial charge in [-0.3, -0.25) is 4.79 Å². The van der Waals surface area contributed by atoms with Crippen LogP contribution in [0.1, 0.15) is 42.1 Å². The lowest BCUT2D eigenvalue weighted by atomic mass is 10.1. The molecular weight excluding hydrogens is 373 g/mol. The average molecular weight is 395 g/mol. The van der Waals surface area contributed by atoms with Crippen molar-refractivity contribution >= 4 is 11.6 Å². The smallest absolute Gasteiger partial charge is 0.227 e. The van der Waals surface area contributed by atoms with Crippen molar-refractivity contribution in [1.82, 2.24) is 20.2 Å². The Balaban J connectivity index is 1.39. The van der Waals surface area contributed by atoms with Crippen LogP contribution < -0.4 is 10.1 Å². The molecule has 1 aromatic heterocycles. The van der Waals surface area contributed by atoms with Gasteiger partial charge in [0.1, 0.15) is 17.3 Å². The first-order valence-electron chi connectivity index (χ1n) is 9.59. The van der Waals surface area contributed by atoms with Crippen molar-refractivity contribution in [2.75, 3.05) is 11.9 Å². The van der Waals surface area contributed by atoms with E-state index in [0.717, 1.165) is 29.7 Å². The number of nitrogens with one attached hydrogen (secondary N) is 1. The Morgan fingerprint density at radius 1 is 1.21 bits per heavy atom. The summed E-state index contributed by atoms with van der Waals surface area (Å²) in [6.07, 6.45) is 2.18. The first-order chi connectivity index (χ1) is 14.0. The van der Waals surface area contributed by atoms with E-state index >= 15 is 0 Å². The molecule has 0 unspecified atom stereocenters. The normalized spacial score (nSPS) is 13.3. The third kappa shape index (κ3) is 4.59. The van der Waals surface area contributed by atoms with Gasteiger partial charge in [0.2, 0.25) is 5.91 Å². The number of tetrazole rings is 1. The largest absolute Gasteiger partial charge is 0.493 e. The van der Waals surface area contributed by atoms with Crippen LogP contribution in [0.3, 0.4) is 0 Å². The summed E-state index contributed by atoms with van der Waals surface area (Å²) in [7, 11) is 0. The molecule has 0 atom stereocenters. The van der Waals surface area contributed by atoms with E-state index in [9.17, 15) is 9.18 Å². The molecule has 1 aliphatic carbocycles. The van der Waals surface area contributed by atoms with Crippen LogP contribution in [0.15, 0.2) is 36.4 Å². The van der Waals surface area contributed by atoms with E-state index in [2.05, 4.69) is 26.9 Å². The second-order valence-electron chi connectivity index (χ2n) is 7.36. The van der Waals surface area contributed by atoms with Gasteiger partial charge in [-0.25, -0.2) is 4.39 Å². The standard InChI is InChI=1S/C21H22FN5O2/c1-13-9-14(2)11-17(10-13)29-8-7-20(28)23-16-5-6-18(22)19(12-16)27-21(15-3-4-15)24-25-26-27/h5-6,9-12,15H,3-4,7-8H2,1-2H3,(H,23,28). The van der Waals surface area contributed by atoms with Crippen molar-refractivity contribution in [3.8, 4) is 11.4 Å². The van der Waals surface area contributed by atoms with E-state index in [0.29, 0.717) is 11.5 Å². The van der Waals surface area contributed by atoms with E-state index in [1.54, 1.807) is 6.07 Å². The van der Waals surface area contributed by atoms with E-state index in [-0.39, 0.29) is 30.5 Å². The number of nitrogens with zero attached hydrogens (tertiary/aromatic N) is 4. The predicted octanol–water partition coefficient (Wildman–Crippen LogP) is 3.70. The maximum atomic E-state index is 14.3. The zero-order chi connectivity index (χ0) is 20.4. The summed E-state index contributed by atoms with van der Waals surface area (Å²) in [6.45, 7) is 4.25. The molecule has 1 N–H and O–H groups in total. The van der Waals surface area contributed by atoms with Gasteiger partial charge in [-0.05, 0) is 78.6 Å². The Labute approximate surface area is 167 Å². The minimum absolute atomic E-state index is 0.178. The van der Waals surface area contributed by atoms with Crippen molar-refractivity contribution in [1.29, 1.82) is 0 Å². The predicted molar refractivity (Wildman–Crippen MR) is 106 cm³/mol. The van der Waals surface area contributed by atoms with Crippen molar-refractivity contribution < 1.29 is 13.9 Å². The molecule has 7 nitrogen and oxygen atoms in total. The van der Waals surface area contributed by atoms with Crippen LogP contribution >= 0.6 is 0 Å². The van der Waals surface area contributed by atoms with E-state index < -0.39 is 5.82 Å². The molecular formula is C21H22FN5O2. The summed E-state index contributed by atoms with van der Waals surface area (Å²) < 4.78 is 21.4. The number of anilines is 1. The molecule has 8 heteroatoms. The molecule has 1 aliphatic rings. The Bertz CT molecular complexity index is 1030. The summed E-state index contributed by atoms with van der Waals surface area (Å²) in [4.78, 5) is 12.3. The number of aromatic nitrogens is 4. The number of ether oxygens (including phenoxy) is 1. The molecule has 2 aromatic carbocycles. The number of amides is 1. The first kappa shape index (κ1) is 19.0. The number of hydrogen-bond acceptors (Lipinski definition) is 5. The van der Waals surface area contributed by atoms with Gasteiger partial charge >= 0.3 is 0 Å². The lowest BCUT2D eigenvalue weighted by Crippen LogP contribution is -2.16. The highest BCUT2D eigenvalue weighted by molar-refractivity contribution is 5.91. The van der Waals surface area contributed by atoms with E-state index in [1.807, 2.05) is 26.0 Å². The highest BCUT2D eigenvalue weighted by atomic mass is 19.1. The van der Waals surface area contributed by atoms with E-state index in [1.165, 1.54) is 16.8 Å². The van der Waals surface area contributed by atoms with Crippen molar-refractivity contribution in [2.45, 2.75) is 39.0 Å². The number of aryl methyl sites for hydroxylation is 2. The summed E-state index contributed by atoms with van der Waals surface area (Å²) in [6, 6.07) is 10.3. The second kappa shape index (κ2) is 7.98. The summed E-state index contributed by atoms with van der Waals surface area (Å²) in [5.41, 5.74) is 2.92. The number of carbonyl (C=O) groups is 1. The molecule has 0 spiro atoms. The Morgan fingerprint density at radius 3 is 2.69 bits per heavy atom. The van der Waals surface area contributed by atoms with Crippen LogP contribution in [0.25, 0.3) is 5.69 Å². The third-order valence-corrected chi connectivity index (χ3v) is 4.69. The molecule has 1 fully saturated rings. The monoisotopic (exact) mass is 395 g/mol. The van der Waals surface area contributed by atoms with Crippen molar-refractivity contribution in [3.63, 3.8) is 0 Å². The van der Waals surface area contributed by atoms with Crippen LogP contribution in [0.4, 0.5) is 10.1 Å². The Morgan fingerprint density at radius 2 is 1.97 bits per heavy atom. The highest BCUT2D eigenvalue weighted by Gasteiger charge is 2.30. The van der Waals surface area contributed by atoms with E-state index in [4.69, 9.17) is 4.74 Å². The fourth-order valence-corrected chi connectivity index (χ4v) is 3.22. The van der Waals surface area contributed by atoms with Gasteiger partial charge in [-0.2, -0.15) is 4.68 Å². The number of halogens is 1. The number of benzene rings is 2. The number of carbonyl (C=O) groups excluding carboxylic acids is 1. The molecule has 0 aliphatic heterocycles. The quantitative estimate of drug-likeness (QED) is 0.660. The molecule has 1 saturated carbocycles. The van der Waals surface area contributed by atoms with Gasteiger partial charge in [0.25, 0.3) is 0 Å². The topological polar surface area (TPSA) is 81.9 Å². The molecule has 0 saturated heterocycles. The van der Waals surface area contributed by atoms with Crippen LogP contribution in [0.5, 0.6) is 5.75 Å². The van der Waals surface area contributed by atoms with Crippen molar-refractivity contribution in [3.05, 3.63) is 59.2 Å². The van der Waals surface area contributed by atoms with Gasteiger partial charge < -0.3 is 10.1 Å². The average Bonchev–Trinajstić information content (AvgIpc) is 3.39. The van der Waals surface area contributed by atoms with Gasteiger partial charge in [-0.1, -0.05) is 6.07 Å². The minimum Gasteiger partial charge on any atom is -0.493 e. The van der Waals surface area contributed by atoms with Crippen LogP contribution in [0.2, 0.25) is 0 Å². The van der Waals surface area contributed by atoms with Crippen molar-refractivity contribution in [2.24, 2.45) is 0 Å². The number of rotatable bonds is 7. The van der Waals surface area contributed by atoms with Crippen LogP contribution in [-0.2, 0) is 4.79 Å². The van der Waals surface area contributed by atoms with Crippen LogP contribution in [0, 0.1) is 19.7 Å². The molecule has 4 rings (SSSR count). The lowest BCUT2D eigenvalue weighted by molar-refractivity contribution is -0.116.